The van der Waals surface area contributed by atoms with Gasteiger partial charge in [-0.25, -0.2) is 0 Å². The van der Waals surface area contributed by atoms with E-state index < -0.39 is 3.79 Å². The number of hydrogen-bond donors (Lipinski definition) is 0. The van der Waals surface area contributed by atoms with E-state index in [1.165, 1.54) is 5.70 Å². The zero-order chi connectivity index (χ0) is 15.5. The lowest BCUT2D eigenvalue weighted by Gasteiger charge is -2.42. The first kappa shape index (κ1) is 16.7. The molecule has 21 heavy (non-hydrogen) atoms. The fraction of sp³-hybridized carbons (Fsp3) is 0.412. The Morgan fingerprint density at radius 1 is 1.29 bits per heavy atom. The molecule has 0 aromatic heterocycles. The molecule has 0 radical (unpaired) electrons. The van der Waals surface area contributed by atoms with Crippen molar-refractivity contribution in [2.75, 3.05) is 6.54 Å². The largest absolute Gasteiger partial charge is 0.360 e. The molecule has 1 atom stereocenters. The Morgan fingerprint density at radius 3 is 2.62 bits per heavy atom. The van der Waals surface area contributed by atoms with Crippen LogP contribution in [0.5, 0.6) is 0 Å². The number of benzene rings is 1. The highest BCUT2D eigenvalue weighted by molar-refractivity contribution is 6.68. The highest BCUT2D eigenvalue weighted by atomic mass is 35.6. The molecule has 114 valence electrons. The van der Waals surface area contributed by atoms with Crippen molar-refractivity contribution in [3.8, 4) is 0 Å². The van der Waals surface area contributed by atoms with Gasteiger partial charge in [0.05, 0.1) is 0 Å². The van der Waals surface area contributed by atoms with Crippen LogP contribution in [0.15, 0.2) is 42.6 Å². The van der Waals surface area contributed by atoms with Gasteiger partial charge < -0.3 is 4.90 Å². The molecular formula is C17H20Cl3N. The molecule has 0 amide bonds. The third-order valence-corrected chi connectivity index (χ3v) is 4.34. The van der Waals surface area contributed by atoms with Crippen molar-refractivity contribution >= 4 is 40.9 Å². The Morgan fingerprint density at radius 2 is 2.00 bits per heavy atom. The molecule has 1 aromatic carbocycles. The third-order valence-electron chi connectivity index (χ3n) is 3.72. The van der Waals surface area contributed by atoms with Crippen molar-refractivity contribution in [3.05, 3.63) is 53.7 Å². The second kappa shape index (κ2) is 7.09. The molecule has 1 nitrogen and oxygen atoms in total. The van der Waals surface area contributed by atoms with Crippen LogP contribution in [0, 0.1) is 0 Å². The van der Waals surface area contributed by atoms with Crippen LogP contribution in [0.3, 0.4) is 0 Å². The number of rotatable bonds is 5. The van der Waals surface area contributed by atoms with Crippen LogP contribution in [0.1, 0.15) is 43.4 Å². The highest BCUT2D eigenvalue weighted by Crippen LogP contribution is 2.49. The van der Waals surface area contributed by atoms with Gasteiger partial charge >= 0.3 is 0 Å². The van der Waals surface area contributed by atoms with E-state index in [1.54, 1.807) is 0 Å². The van der Waals surface area contributed by atoms with E-state index in [-0.39, 0.29) is 6.04 Å². The van der Waals surface area contributed by atoms with Gasteiger partial charge in [0, 0.05) is 12.2 Å². The second-order valence-electron chi connectivity index (χ2n) is 5.25. The Bertz CT molecular complexity index is 531. The topological polar surface area (TPSA) is 3.24 Å². The minimum Gasteiger partial charge on any atom is -0.360 e. The summed E-state index contributed by atoms with van der Waals surface area (Å²) in [5.41, 5.74) is 3.41. The molecule has 4 heteroatoms. The monoisotopic (exact) mass is 343 g/mol. The molecule has 0 bridgehead atoms. The summed E-state index contributed by atoms with van der Waals surface area (Å²) in [4.78, 5) is 2.16. The first-order valence-corrected chi connectivity index (χ1v) is 8.36. The van der Waals surface area contributed by atoms with E-state index in [0.29, 0.717) is 6.54 Å². The maximum Gasteiger partial charge on any atom is 0.214 e. The summed E-state index contributed by atoms with van der Waals surface area (Å²) < 4.78 is -1.38. The van der Waals surface area contributed by atoms with Gasteiger partial charge in [-0.2, -0.15) is 0 Å². The van der Waals surface area contributed by atoms with Gasteiger partial charge in [-0.3, -0.25) is 0 Å². The Labute approximate surface area is 142 Å². The van der Waals surface area contributed by atoms with Gasteiger partial charge in [0.25, 0.3) is 0 Å². The molecule has 1 unspecified atom stereocenters. The van der Waals surface area contributed by atoms with Crippen LogP contribution >= 0.6 is 34.8 Å². The molecule has 0 saturated heterocycles. The second-order valence-corrected chi connectivity index (χ2v) is 7.62. The predicted molar refractivity (Wildman–Crippen MR) is 93.9 cm³/mol. The number of halogens is 3. The van der Waals surface area contributed by atoms with Gasteiger partial charge in [0.2, 0.25) is 3.79 Å². The molecule has 1 heterocycles. The fourth-order valence-electron chi connectivity index (χ4n) is 2.78. The average Bonchev–Trinajstić information content (AvgIpc) is 2.43. The lowest BCUT2D eigenvalue weighted by molar-refractivity contribution is 0.269. The Hall–Kier alpha value is -0.630. The maximum absolute atomic E-state index is 6.30. The van der Waals surface area contributed by atoms with Gasteiger partial charge in [-0.1, -0.05) is 78.5 Å². The van der Waals surface area contributed by atoms with Crippen molar-refractivity contribution in [1.82, 2.24) is 4.90 Å². The van der Waals surface area contributed by atoms with E-state index in [0.717, 1.165) is 30.4 Å². The SMILES string of the molecule is C=CCN1C(CCCC)=Cc2ccccc2C1C(Cl)(Cl)Cl. The van der Waals surface area contributed by atoms with E-state index in [9.17, 15) is 0 Å². The van der Waals surface area contributed by atoms with Gasteiger partial charge in [-0.15, -0.1) is 6.58 Å². The van der Waals surface area contributed by atoms with Crippen LogP contribution in [0.25, 0.3) is 6.08 Å². The fourth-order valence-corrected chi connectivity index (χ4v) is 3.48. The summed E-state index contributed by atoms with van der Waals surface area (Å²) in [5.74, 6) is 0. The summed E-state index contributed by atoms with van der Waals surface area (Å²) >= 11 is 18.9. The molecular weight excluding hydrogens is 325 g/mol. The molecule has 0 fully saturated rings. The van der Waals surface area contributed by atoms with E-state index in [2.05, 4.69) is 30.5 Å². The summed E-state index contributed by atoms with van der Waals surface area (Å²) in [7, 11) is 0. The Balaban J connectivity index is 2.50. The molecule has 2 rings (SSSR count). The molecule has 0 aliphatic carbocycles. The van der Waals surface area contributed by atoms with Crippen LogP contribution in [-0.4, -0.2) is 15.2 Å². The molecule has 1 aliphatic heterocycles. The van der Waals surface area contributed by atoms with Crippen molar-refractivity contribution in [2.24, 2.45) is 0 Å². The van der Waals surface area contributed by atoms with E-state index in [1.807, 2.05) is 24.3 Å². The summed E-state index contributed by atoms with van der Waals surface area (Å²) in [6, 6.07) is 7.83. The number of hydrogen-bond acceptors (Lipinski definition) is 1. The minimum absolute atomic E-state index is 0.284. The number of fused-ring (bicyclic) bond motifs is 1. The standard InChI is InChI=1S/C17H20Cl3N/c1-3-5-9-14-12-13-8-6-7-10-15(13)16(17(18,19)20)21(14)11-4-2/h4,6-8,10,12,16H,2-3,5,9,11H2,1H3. The quantitative estimate of drug-likeness (QED) is 0.458. The normalized spacial score (nSPS) is 18.2. The van der Waals surface area contributed by atoms with Gasteiger partial charge in [0.1, 0.15) is 6.04 Å². The van der Waals surface area contributed by atoms with Crippen LogP contribution < -0.4 is 0 Å². The number of unbranched alkanes of at least 4 members (excludes halogenated alkanes) is 1. The average molecular weight is 345 g/mol. The minimum atomic E-state index is -1.38. The van der Waals surface area contributed by atoms with Crippen LogP contribution in [0.4, 0.5) is 0 Å². The summed E-state index contributed by atoms with van der Waals surface area (Å²) in [5, 5.41) is 0. The summed E-state index contributed by atoms with van der Waals surface area (Å²) in [6.45, 7) is 6.70. The zero-order valence-corrected chi connectivity index (χ0v) is 14.4. The molecule has 0 saturated carbocycles. The summed E-state index contributed by atoms with van der Waals surface area (Å²) in [6.07, 6.45) is 7.31. The molecule has 1 aliphatic rings. The lowest BCUT2D eigenvalue weighted by Crippen LogP contribution is -2.38. The molecule has 1 aromatic rings. The first-order valence-electron chi connectivity index (χ1n) is 7.22. The van der Waals surface area contributed by atoms with Crippen molar-refractivity contribution in [2.45, 2.75) is 36.0 Å². The van der Waals surface area contributed by atoms with Crippen LogP contribution in [-0.2, 0) is 0 Å². The number of nitrogens with zero attached hydrogens (tertiary/aromatic N) is 1. The van der Waals surface area contributed by atoms with Crippen LogP contribution in [0.2, 0.25) is 0 Å². The van der Waals surface area contributed by atoms with Crippen molar-refractivity contribution in [1.29, 1.82) is 0 Å². The zero-order valence-electron chi connectivity index (χ0n) is 12.2. The van der Waals surface area contributed by atoms with E-state index >= 15 is 0 Å². The third kappa shape index (κ3) is 3.77. The van der Waals surface area contributed by atoms with Gasteiger partial charge in [-0.05, 0) is 30.0 Å². The van der Waals surface area contributed by atoms with Gasteiger partial charge in [0.15, 0.2) is 0 Å². The van der Waals surface area contributed by atoms with E-state index in [4.69, 9.17) is 34.8 Å². The Kier molecular flexibility index (Phi) is 5.65. The number of allylic oxidation sites excluding steroid dienone is 1. The predicted octanol–water partition coefficient (Wildman–Crippen LogP) is 6.13. The highest BCUT2D eigenvalue weighted by Gasteiger charge is 2.41. The lowest BCUT2D eigenvalue weighted by atomic mass is 9.93. The smallest absolute Gasteiger partial charge is 0.214 e. The van der Waals surface area contributed by atoms with Crippen molar-refractivity contribution in [3.63, 3.8) is 0 Å². The molecule has 0 spiro atoms. The molecule has 0 N–H and O–H groups in total. The maximum atomic E-state index is 6.30. The van der Waals surface area contributed by atoms with Crippen molar-refractivity contribution < 1.29 is 0 Å². The first-order chi connectivity index (χ1) is 9.99. The number of alkyl halides is 3.